The van der Waals surface area contributed by atoms with E-state index in [1.807, 2.05) is 0 Å². The van der Waals surface area contributed by atoms with Gasteiger partial charge in [0, 0.05) is 6.21 Å². The zero-order valence-corrected chi connectivity index (χ0v) is 5.53. The molecule has 0 fully saturated rings. The molecule has 0 rings (SSSR count). The lowest BCUT2D eigenvalue weighted by atomic mass is 10.6. The van der Waals surface area contributed by atoms with Crippen molar-refractivity contribution in [1.29, 1.82) is 5.41 Å². The Morgan fingerprint density at radius 2 is 2.25 bits per heavy atom. The lowest BCUT2D eigenvalue weighted by Gasteiger charge is -1.77. The molecule has 0 saturated carbocycles. The SMILES string of the molecule is C=CC(=N)N=CC.Cl. The van der Waals surface area contributed by atoms with Crippen molar-refractivity contribution in [3.8, 4) is 0 Å². The summed E-state index contributed by atoms with van der Waals surface area (Å²) in [5, 5.41) is 6.82. The van der Waals surface area contributed by atoms with Crippen molar-refractivity contribution in [2.24, 2.45) is 4.99 Å². The molecule has 2 nitrogen and oxygen atoms in total. The minimum atomic E-state index is 0. The number of hydrogen-bond acceptors (Lipinski definition) is 1. The first-order valence-corrected chi connectivity index (χ1v) is 2.01. The topological polar surface area (TPSA) is 36.2 Å². The Morgan fingerprint density at radius 1 is 1.75 bits per heavy atom. The molecule has 0 heterocycles. The summed E-state index contributed by atoms with van der Waals surface area (Å²) in [5.41, 5.74) is 0. The van der Waals surface area contributed by atoms with Crippen LogP contribution in [0, 0.1) is 5.41 Å². The number of nitrogens with zero attached hydrogens (tertiary/aromatic N) is 1. The fourth-order valence-electron chi connectivity index (χ4n) is 0.192. The van der Waals surface area contributed by atoms with Crippen LogP contribution in [0.5, 0.6) is 0 Å². The minimum Gasteiger partial charge on any atom is -0.283 e. The average molecular weight is 133 g/mol. The van der Waals surface area contributed by atoms with E-state index in [1.165, 1.54) is 6.08 Å². The molecule has 0 aliphatic heterocycles. The van der Waals surface area contributed by atoms with E-state index in [4.69, 9.17) is 5.41 Å². The highest BCUT2D eigenvalue weighted by Crippen LogP contribution is 1.71. The molecular weight excluding hydrogens is 124 g/mol. The van der Waals surface area contributed by atoms with Crippen LogP contribution < -0.4 is 0 Å². The van der Waals surface area contributed by atoms with E-state index < -0.39 is 0 Å². The summed E-state index contributed by atoms with van der Waals surface area (Å²) in [5.74, 6) is 0.211. The van der Waals surface area contributed by atoms with Gasteiger partial charge < -0.3 is 0 Å². The van der Waals surface area contributed by atoms with E-state index >= 15 is 0 Å². The van der Waals surface area contributed by atoms with Gasteiger partial charge >= 0.3 is 0 Å². The highest BCUT2D eigenvalue weighted by atomic mass is 35.5. The number of aliphatic imine (C=N–C) groups is 1. The number of halogens is 1. The molecule has 0 amide bonds. The molecule has 0 spiro atoms. The van der Waals surface area contributed by atoms with Gasteiger partial charge in [-0.05, 0) is 13.0 Å². The normalized spacial score (nSPS) is 8.12. The molecule has 0 atom stereocenters. The molecule has 3 heteroatoms. The van der Waals surface area contributed by atoms with Crippen LogP contribution in [0.25, 0.3) is 0 Å². The first-order valence-electron chi connectivity index (χ1n) is 2.01. The lowest BCUT2D eigenvalue weighted by molar-refractivity contribution is 1.46. The van der Waals surface area contributed by atoms with Crippen molar-refractivity contribution in [1.82, 2.24) is 0 Å². The molecule has 0 aromatic carbocycles. The quantitative estimate of drug-likeness (QED) is 0.416. The summed E-state index contributed by atoms with van der Waals surface area (Å²) >= 11 is 0. The summed E-state index contributed by atoms with van der Waals surface area (Å²) in [6.45, 7) is 5.10. The number of rotatable bonds is 1. The second kappa shape index (κ2) is 6.37. The number of nitrogens with one attached hydrogen (secondary N) is 1. The number of amidine groups is 1. The van der Waals surface area contributed by atoms with E-state index in [0.717, 1.165) is 0 Å². The fourth-order valence-corrected chi connectivity index (χ4v) is 0.192. The Hall–Kier alpha value is -0.630. The van der Waals surface area contributed by atoms with Crippen molar-refractivity contribution in [3.05, 3.63) is 12.7 Å². The zero-order valence-electron chi connectivity index (χ0n) is 4.72. The molecule has 0 saturated heterocycles. The maximum Gasteiger partial charge on any atom is 0.143 e. The molecule has 0 aromatic heterocycles. The van der Waals surface area contributed by atoms with E-state index in [0.29, 0.717) is 0 Å². The largest absolute Gasteiger partial charge is 0.283 e. The second-order valence-electron chi connectivity index (χ2n) is 0.977. The number of hydrogen-bond donors (Lipinski definition) is 1. The summed E-state index contributed by atoms with van der Waals surface area (Å²) in [4.78, 5) is 3.58. The Bertz CT molecular complexity index is 107. The van der Waals surface area contributed by atoms with Crippen LogP contribution in [0.15, 0.2) is 17.6 Å². The van der Waals surface area contributed by atoms with Crippen molar-refractivity contribution in [2.75, 3.05) is 0 Å². The molecule has 8 heavy (non-hydrogen) atoms. The molecule has 1 N–H and O–H groups in total. The van der Waals surface area contributed by atoms with Crippen LogP contribution in [-0.2, 0) is 0 Å². The third-order valence-corrected chi connectivity index (χ3v) is 0.462. The summed E-state index contributed by atoms with van der Waals surface area (Å²) < 4.78 is 0. The lowest BCUT2D eigenvalue weighted by Crippen LogP contribution is -1.80. The first kappa shape index (κ1) is 10.4. The zero-order chi connectivity index (χ0) is 5.70. The predicted molar refractivity (Wildman–Crippen MR) is 39.3 cm³/mol. The van der Waals surface area contributed by atoms with Crippen LogP contribution in [0.3, 0.4) is 0 Å². The Balaban J connectivity index is 0. The van der Waals surface area contributed by atoms with Crippen LogP contribution in [0.1, 0.15) is 6.92 Å². The minimum absolute atomic E-state index is 0. The van der Waals surface area contributed by atoms with E-state index in [1.54, 1.807) is 13.1 Å². The Kier molecular flexibility index (Phi) is 8.26. The van der Waals surface area contributed by atoms with Crippen LogP contribution >= 0.6 is 12.4 Å². The second-order valence-corrected chi connectivity index (χ2v) is 0.977. The fraction of sp³-hybridized carbons (Fsp3) is 0.200. The standard InChI is InChI=1S/C5H8N2.ClH/c1-3-5(6)7-4-2;/h3-4,6H,1H2,2H3;1H. The predicted octanol–water partition coefficient (Wildman–Crippen LogP) is 1.66. The van der Waals surface area contributed by atoms with E-state index in [-0.39, 0.29) is 18.2 Å². The van der Waals surface area contributed by atoms with E-state index in [9.17, 15) is 0 Å². The molecular formula is C5H9ClN2. The van der Waals surface area contributed by atoms with Gasteiger partial charge in [-0.25, -0.2) is 4.99 Å². The van der Waals surface area contributed by atoms with E-state index in [2.05, 4.69) is 11.6 Å². The maximum absolute atomic E-state index is 6.82. The van der Waals surface area contributed by atoms with Gasteiger partial charge in [0.2, 0.25) is 0 Å². The van der Waals surface area contributed by atoms with Gasteiger partial charge in [0.1, 0.15) is 5.84 Å². The van der Waals surface area contributed by atoms with Gasteiger partial charge in [0.05, 0.1) is 0 Å². The summed E-state index contributed by atoms with van der Waals surface area (Å²) in [7, 11) is 0. The molecule has 0 aliphatic carbocycles. The molecule has 0 unspecified atom stereocenters. The van der Waals surface area contributed by atoms with Gasteiger partial charge in [-0.1, -0.05) is 6.58 Å². The van der Waals surface area contributed by atoms with Crippen molar-refractivity contribution >= 4 is 24.5 Å². The highest BCUT2D eigenvalue weighted by Gasteiger charge is 1.73. The van der Waals surface area contributed by atoms with Gasteiger partial charge in [-0.2, -0.15) is 0 Å². The average Bonchev–Trinajstić information content (AvgIpc) is 1.68. The molecule has 0 aliphatic rings. The van der Waals surface area contributed by atoms with Crippen molar-refractivity contribution in [2.45, 2.75) is 6.92 Å². The van der Waals surface area contributed by atoms with Crippen molar-refractivity contribution in [3.63, 3.8) is 0 Å². The summed E-state index contributed by atoms with van der Waals surface area (Å²) in [6.07, 6.45) is 2.95. The monoisotopic (exact) mass is 132 g/mol. The summed E-state index contributed by atoms with van der Waals surface area (Å²) in [6, 6.07) is 0. The van der Waals surface area contributed by atoms with Crippen LogP contribution in [0.2, 0.25) is 0 Å². The third kappa shape index (κ3) is 5.37. The molecule has 0 aromatic rings. The van der Waals surface area contributed by atoms with Gasteiger partial charge in [-0.3, -0.25) is 5.41 Å². The Morgan fingerprint density at radius 3 is 2.38 bits per heavy atom. The molecule has 46 valence electrons. The third-order valence-electron chi connectivity index (χ3n) is 0.462. The van der Waals surface area contributed by atoms with Gasteiger partial charge in [0.25, 0.3) is 0 Å². The van der Waals surface area contributed by atoms with Gasteiger partial charge in [-0.15, -0.1) is 12.4 Å². The first-order chi connectivity index (χ1) is 3.31. The van der Waals surface area contributed by atoms with Crippen LogP contribution in [-0.4, -0.2) is 12.1 Å². The van der Waals surface area contributed by atoms with Gasteiger partial charge in [0.15, 0.2) is 0 Å². The molecule has 0 bridgehead atoms. The maximum atomic E-state index is 6.82. The smallest absolute Gasteiger partial charge is 0.143 e. The molecule has 0 radical (unpaired) electrons. The van der Waals surface area contributed by atoms with Crippen LogP contribution in [0.4, 0.5) is 0 Å². The highest BCUT2D eigenvalue weighted by molar-refractivity contribution is 5.94. The Labute approximate surface area is 55.2 Å². The van der Waals surface area contributed by atoms with Crippen molar-refractivity contribution < 1.29 is 0 Å².